The van der Waals surface area contributed by atoms with Crippen molar-refractivity contribution in [2.75, 3.05) is 0 Å². The zero-order valence-corrected chi connectivity index (χ0v) is 14.0. The molecule has 0 aromatic heterocycles. The van der Waals surface area contributed by atoms with Crippen LogP contribution in [0.2, 0.25) is 0 Å². The van der Waals surface area contributed by atoms with Gasteiger partial charge >= 0.3 is 0 Å². The van der Waals surface area contributed by atoms with Gasteiger partial charge in [0.1, 0.15) is 0 Å². The van der Waals surface area contributed by atoms with E-state index in [9.17, 15) is 0 Å². The Bertz CT molecular complexity index is 397. The molecule has 0 aromatic rings. The Hall–Kier alpha value is -0.455. The van der Waals surface area contributed by atoms with E-state index in [0.717, 1.165) is 23.7 Å². The first kappa shape index (κ1) is 16.9. The van der Waals surface area contributed by atoms with Crippen LogP contribution in [0.1, 0.15) is 66.2 Å². The van der Waals surface area contributed by atoms with Gasteiger partial charge in [-0.15, -0.1) is 0 Å². The fourth-order valence-electron chi connectivity index (χ4n) is 5.47. The van der Waals surface area contributed by atoms with E-state index in [2.05, 4.69) is 40.9 Å². The maximum Gasteiger partial charge on any atom is 0.0814 e. The summed E-state index contributed by atoms with van der Waals surface area (Å²) in [5, 5.41) is 0. The van der Waals surface area contributed by atoms with Gasteiger partial charge in [-0.25, -0.2) is 0 Å². The molecule has 0 aliphatic heterocycles. The summed E-state index contributed by atoms with van der Waals surface area (Å²) in [6.07, 6.45) is 8.29. The summed E-state index contributed by atoms with van der Waals surface area (Å²) in [4.78, 5) is 0. The van der Waals surface area contributed by atoms with Crippen molar-refractivity contribution in [3.63, 3.8) is 0 Å². The van der Waals surface area contributed by atoms with Crippen LogP contribution in [0.3, 0.4) is 0 Å². The molecule has 0 spiro atoms. The average molecular weight is 286 g/mol. The molecule has 0 heterocycles. The van der Waals surface area contributed by atoms with Gasteiger partial charge in [-0.3, -0.25) is 0 Å². The van der Waals surface area contributed by atoms with E-state index in [0.29, 0.717) is 10.8 Å². The second-order valence-electron chi connectivity index (χ2n) is 9.01. The van der Waals surface area contributed by atoms with Crippen LogP contribution in [0.25, 0.3) is 0 Å². The largest absolute Gasteiger partial charge is 0.0996 e. The van der Waals surface area contributed by atoms with E-state index in [-0.39, 0.29) is 8.41 Å². The third-order valence-electron chi connectivity index (χ3n) is 7.55. The van der Waals surface area contributed by atoms with Gasteiger partial charge in [0.2, 0.25) is 0 Å². The third kappa shape index (κ3) is 2.45. The molecule has 1 heteroatoms. The lowest BCUT2D eigenvalue weighted by Crippen LogP contribution is -2.48. The highest BCUT2D eigenvalue weighted by molar-refractivity contribution is 5.75. The molecule has 4 bridgehead atoms. The molecule has 6 aliphatic rings. The van der Waals surface area contributed by atoms with E-state index >= 15 is 0 Å². The smallest absolute Gasteiger partial charge is 0.0814 e. The van der Waals surface area contributed by atoms with Crippen LogP contribution in [0, 0.1) is 34.5 Å². The molecule has 118 valence electrons. The zero-order chi connectivity index (χ0) is 14.7. The first-order chi connectivity index (χ1) is 9.24. The van der Waals surface area contributed by atoms with Gasteiger partial charge in [-0.1, -0.05) is 52.0 Å². The number of rotatable bonds is 0. The number of hydrogen-bond donors (Lipinski definition) is 0. The van der Waals surface area contributed by atoms with E-state index in [1.165, 1.54) is 49.7 Å². The van der Waals surface area contributed by atoms with E-state index in [1.54, 1.807) is 0 Å². The van der Waals surface area contributed by atoms with Crippen molar-refractivity contribution in [1.29, 1.82) is 0 Å². The molecule has 4 atom stereocenters. The first-order valence-corrected chi connectivity index (χ1v) is 8.60. The van der Waals surface area contributed by atoms with Gasteiger partial charge in [-0.05, 0) is 73.0 Å². The van der Waals surface area contributed by atoms with Crippen molar-refractivity contribution in [2.24, 2.45) is 34.5 Å². The fourth-order valence-corrected chi connectivity index (χ4v) is 5.47. The van der Waals surface area contributed by atoms with Crippen molar-refractivity contribution < 1.29 is 0 Å². The molecule has 6 fully saturated rings. The lowest BCUT2D eigenvalue weighted by Gasteiger charge is -2.57. The fraction of sp³-hybridized carbons (Fsp3) is 0.800. The lowest BCUT2D eigenvalue weighted by molar-refractivity contribution is -0.0273. The second-order valence-corrected chi connectivity index (χ2v) is 9.01. The first-order valence-electron chi connectivity index (χ1n) is 8.60. The van der Waals surface area contributed by atoms with Crippen LogP contribution in [-0.4, -0.2) is 8.41 Å². The van der Waals surface area contributed by atoms with Crippen molar-refractivity contribution in [3.05, 3.63) is 24.3 Å². The Kier molecular flexibility index (Phi) is 4.28. The number of fused-ring (bicyclic) bond motifs is 4. The van der Waals surface area contributed by atoms with Crippen LogP contribution in [0.15, 0.2) is 24.3 Å². The van der Waals surface area contributed by atoms with Gasteiger partial charge in [0.25, 0.3) is 0 Å². The molecule has 0 N–H and O–H groups in total. The highest BCUT2D eigenvalue weighted by atomic mass is 14.6. The standard InChI is InChI=1S/2C10H16.BH3/c2*1-7-4-5-8-6-9(7)10(8,2)3;/h2*8-9H,1,4-6H2,2-3H3;1H3/t8?,9-;;/m1../s1. The monoisotopic (exact) mass is 286 g/mol. The molecule has 0 nitrogen and oxygen atoms in total. The molecule has 0 aromatic carbocycles. The van der Waals surface area contributed by atoms with Crippen LogP contribution in [0.5, 0.6) is 0 Å². The van der Waals surface area contributed by atoms with Crippen LogP contribution >= 0.6 is 0 Å². The van der Waals surface area contributed by atoms with Crippen molar-refractivity contribution in [1.82, 2.24) is 0 Å². The molecular formula is C20H35B. The maximum atomic E-state index is 4.13. The molecule has 3 unspecified atom stereocenters. The highest BCUT2D eigenvalue weighted by Gasteiger charge is 2.52. The van der Waals surface area contributed by atoms with Gasteiger partial charge in [0.15, 0.2) is 0 Å². The SMILES string of the molecule is B.C=C1CCC2CC1C2(C)C.C=C1CCC2C[C@H]1C2(C)C. The second kappa shape index (κ2) is 5.32. The molecule has 0 amide bonds. The summed E-state index contributed by atoms with van der Waals surface area (Å²) in [5.74, 6) is 3.77. The van der Waals surface area contributed by atoms with E-state index in [4.69, 9.17) is 0 Å². The summed E-state index contributed by atoms with van der Waals surface area (Å²) in [6.45, 7) is 17.9. The van der Waals surface area contributed by atoms with Crippen molar-refractivity contribution >= 4 is 8.41 Å². The maximum absolute atomic E-state index is 4.13. The molecule has 21 heavy (non-hydrogen) atoms. The highest BCUT2D eigenvalue weighted by Crippen LogP contribution is 2.61. The summed E-state index contributed by atoms with van der Waals surface area (Å²) in [5.41, 5.74) is 4.25. The van der Waals surface area contributed by atoms with Gasteiger partial charge in [-0.2, -0.15) is 0 Å². The van der Waals surface area contributed by atoms with Crippen molar-refractivity contribution in [2.45, 2.75) is 66.2 Å². The minimum atomic E-state index is 0. The summed E-state index contributed by atoms with van der Waals surface area (Å²) in [7, 11) is 0. The van der Waals surface area contributed by atoms with Crippen LogP contribution < -0.4 is 0 Å². The predicted molar refractivity (Wildman–Crippen MR) is 97.4 cm³/mol. The Morgan fingerprint density at radius 2 is 1.10 bits per heavy atom. The average Bonchev–Trinajstić information content (AvgIpc) is 2.38. The van der Waals surface area contributed by atoms with Crippen LogP contribution in [-0.2, 0) is 0 Å². The third-order valence-corrected chi connectivity index (χ3v) is 7.55. The summed E-state index contributed by atoms with van der Waals surface area (Å²) in [6, 6.07) is 0. The topological polar surface area (TPSA) is 0 Å². The Morgan fingerprint density at radius 3 is 1.24 bits per heavy atom. The van der Waals surface area contributed by atoms with Crippen LogP contribution in [0.4, 0.5) is 0 Å². The number of hydrogen-bond acceptors (Lipinski definition) is 0. The lowest BCUT2D eigenvalue weighted by atomic mass is 9.47. The van der Waals surface area contributed by atoms with Crippen molar-refractivity contribution in [3.8, 4) is 0 Å². The quantitative estimate of drug-likeness (QED) is 0.442. The predicted octanol–water partition coefficient (Wildman–Crippen LogP) is 4.81. The zero-order valence-electron chi connectivity index (χ0n) is 14.0. The Morgan fingerprint density at radius 1 is 0.762 bits per heavy atom. The molecule has 6 rings (SSSR count). The molecule has 6 saturated carbocycles. The number of allylic oxidation sites excluding steroid dienone is 2. The minimum Gasteiger partial charge on any atom is -0.0996 e. The van der Waals surface area contributed by atoms with Gasteiger partial charge in [0.05, 0.1) is 8.41 Å². The molecule has 0 radical (unpaired) electrons. The molecular weight excluding hydrogens is 251 g/mol. The Balaban J connectivity index is 0.000000147. The van der Waals surface area contributed by atoms with E-state index in [1.807, 2.05) is 0 Å². The van der Waals surface area contributed by atoms with Gasteiger partial charge < -0.3 is 0 Å². The Labute approximate surface area is 134 Å². The van der Waals surface area contributed by atoms with E-state index < -0.39 is 0 Å². The normalized spacial score (nSPS) is 40.8. The summed E-state index contributed by atoms with van der Waals surface area (Å²) < 4.78 is 0. The summed E-state index contributed by atoms with van der Waals surface area (Å²) >= 11 is 0. The van der Waals surface area contributed by atoms with Gasteiger partial charge in [0, 0.05) is 0 Å². The minimum absolute atomic E-state index is 0. The molecule has 0 saturated heterocycles. The molecule has 6 aliphatic carbocycles.